The van der Waals surface area contributed by atoms with Gasteiger partial charge in [-0.3, -0.25) is 19.8 Å². The summed E-state index contributed by atoms with van der Waals surface area (Å²) < 4.78 is 10.7. The Morgan fingerprint density at radius 2 is 1.93 bits per heavy atom. The Morgan fingerprint density at radius 1 is 1.26 bits per heavy atom. The van der Waals surface area contributed by atoms with E-state index in [0.717, 1.165) is 12.8 Å². The molecule has 27 heavy (non-hydrogen) atoms. The minimum atomic E-state index is -0.308. The predicted molar refractivity (Wildman–Crippen MR) is 101 cm³/mol. The molecule has 2 aromatic rings. The van der Waals surface area contributed by atoms with E-state index >= 15 is 0 Å². The molecular weight excluding hydrogens is 392 g/mol. The summed E-state index contributed by atoms with van der Waals surface area (Å²) in [5, 5.41) is 11.3. The Bertz CT molecular complexity index is 819. The second-order valence-corrected chi connectivity index (χ2v) is 7.76. The Kier molecular flexibility index (Phi) is 6.06. The summed E-state index contributed by atoms with van der Waals surface area (Å²) in [6.45, 7) is 1.52. The van der Waals surface area contributed by atoms with Crippen LogP contribution in [0.3, 0.4) is 0 Å². The molecule has 12 heteroatoms. The lowest BCUT2D eigenvalue weighted by Crippen LogP contribution is -2.30. The fourth-order valence-corrected chi connectivity index (χ4v) is 3.95. The van der Waals surface area contributed by atoms with E-state index in [0.29, 0.717) is 9.47 Å². The number of amides is 2. The molecule has 0 bridgehead atoms. The van der Waals surface area contributed by atoms with Gasteiger partial charge >= 0.3 is 0 Å². The molecule has 0 saturated heterocycles. The molecule has 10 nitrogen and oxygen atoms in total. The molecule has 1 fully saturated rings. The first-order valence-corrected chi connectivity index (χ1v) is 9.83. The van der Waals surface area contributed by atoms with Gasteiger partial charge in [-0.1, -0.05) is 23.1 Å². The molecule has 1 N–H and O–H groups in total. The number of hydrogen-bond donors (Lipinski definition) is 1. The molecule has 3 rings (SSSR count). The van der Waals surface area contributed by atoms with Crippen LogP contribution < -0.4 is 19.7 Å². The molecule has 1 aliphatic rings. The third kappa shape index (κ3) is 5.04. The van der Waals surface area contributed by atoms with Gasteiger partial charge in [0.1, 0.15) is 0 Å². The number of carbonyl (C=O) groups is 2. The van der Waals surface area contributed by atoms with Crippen LogP contribution in [0.1, 0.15) is 19.8 Å². The smallest absolute Gasteiger partial charge is 0.237 e. The Morgan fingerprint density at radius 3 is 2.48 bits per heavy atom. The first-order chi connectivity index (χ1) is 13.0. The van der Waals surface area contributed by atoms with E-state index in [1.54, 1.807) is 4.90 Å². The van der Waals surface area contributed by atoms with E-state index in [9.17, 15) is 9.59 Å². The predicted octanol–water partition coefficient (Wildman–Crippen LogP) is 1.59. The van der Waals surface area contributed by atoms with Crippen LogP contribution in [0.2, 0.25) is 0 Å². The molecular formula is C15H18N6O4S2. The molecule has 0 atom stereocenters. The van der Waals surface area contributed by atoms with E-state index in [1.165, 1.54) is 50.3 Å². The maximum absolute atomic E-state index is 12.2. The van der Waals surface area contributed by atoms with Crippen molar-refractivity contribution in [2.75, 3.05) is 30.2 Å². The molecule has 0 spiro atoms. The number of nitrogens with zero attached hydrogens (tertiary/aromatic N) is 5. The number of carbonyl (C=O) groups excluding carboxylic acids is 2. The van der Waals surface area contributed by atoms with E-state index in [-0.39, 0.29) is 41.3 Å². The van der Waals surface area contributed by atoms with Gasteiger partial charge in [-0.05, 0) is 12.8 Å². The van der Waals surface area contributed by atoms with Crippen molar-refractivity contribution in [2.45, 2.75) is 30.1 Å². The summed E-state index contributed by atoms with van der Waals surface area (Å²) in [6.07, 6.45) is 1.96. The SMILES string of the molecule is COc1cc(OC)nc(NC(=O)CSc2nnc(N(C(C)=O)C3CC3)s2)n1. The van der Waals surface area contributed by atoms with Gasteiger partial charge in [-0.25, -0.2) is 0 Å². The average Bonchev–Trinajstić information content (AvgIpc) is 3.36. The molecule has 0 radical (unpaired) electrons. The van der Waals surface area contributed by atoms with Gasteiger partial charge in [0.2, 0.25) is 34.7 Å². The summed E-state index contributed by atoms with van der Waals surface area (Å²) in [4.78, 5) is 33.7. The molecule has 2 heterocycles. The number of nitrogens with one attached hydrogen (secondary N) is 1. The monoisotopic (exact) mass is 410 g/mol. The number of aromatic nitrogens is 4. The van der Waals surface area contributed by atoms with E-state index < -0.39 is 0 Å². The number of thioether (sulfide) groups is 1. The number of rotatable bonds is 8. The minimum absolute atomic E-state index is 0.0490. The molecule has 2 amide bonds. The standard InChI is InChI=1S/C15H18N6O4S2/c1-8(22)21(9-4-5-9)14-19-20-15(27-14)26-7-10(23)16-13-17-11(24-2)6-12(18-13)25-3/h6,9H,4-5,7H2,1-3H3,(H,16,17,18,23). The van der Waals surface area contributed by atoms with Gasteiger partial charge in [0.25, 0.3) is 0 Å². The fourth-order valence-electron chi connectivity index (χ4n) is 2.20. The maximum atomic E-state index is 12.2. The summed E-state index contributed by atoms with van der Waals surface area (Å²) >= 11 is 2.52. The van der Waals surface area contributed by atoms with Crippen molar-refractivity contribution in [2.24, 2.45) is 0 Å². The number of hydrogen-bond acceptors (Lipinski definition) is 10. The van der Waals surface area contributed by atoms with Crippen LogP contribution in [-0.4, -0.2) is 58.0 Å². The van der Waals surface area contributed by atoms with E-state index in [4.69, 9.17) is 9.47 Å². The van der Waals surface area contributed by atoms with Crippen molar-refractivity contribution in [1.82, 2.24) is 20.2 Å². The van der Waals surface area contributed by atoms with Crippen molar-refractivity contribution < 1.29 is 19.1 Å². The maximum Gasteiger partial charge on any atom is 0.237 e. The zero-order chi connectivity index (χ0) is 19.4. The third-order valence-electron chi connectivity index (χ3n) is 3.53. The highest BCUT2D eigenvalue weighted by molar-refractivity contribution is 8.01. The normalized spacial score (nSPS) is 13.1. The van der Waals surface area contributed by atoms with Crippen LogP contribution in [0, 0.1) is 0 Å². The van der Waals surface area contributed by atoms with Crippen molar-refractivity contribution in [1.29, 1.82) is 0 Å². The average molecular weight is 410 g/mol. The number of ether oxygens (including phenoxy) is 2. The first kappa shape index (κ1) is 19.3. The Hall–Kier alpha value is -2.47. The van der Waals surface area contributed by atoms with Gasteiger partial charge in [0, 0.05) is 13.0 Å². The third-order valence-corrected chi connectivity index (χ3v) is 5.58. The molecule has 2 aromatic heterocycles. The van der Waals surface area contributed by atoms with Gasteiger partial charge in [0.15, 0.2) is 4.34 Å². The molecule has 0 aliphatic heterocycles. The van der Waals surface area contributed by atoms with Gasteiger partial charge in [0.05, 0.1) is 26.0 Å². The van der Waals surface area contributed by atoms with Crippen molar-refractivity contribution in [3.8, 4) is 11.8 Å². The molecule has 1 aliphatic carbocycles. The topological polar surface area (TPSA) is 119 Å². The lowest BCUT2D eigenvalue weighted by molar-refractivity contribution is -0.116. The van der Waals surface area contributed by atoms with Crippen molar-refractivity contribution >= 4 is 46.0 Å². The lowest BCUT2D eigenvalue weighted by atomic mass is 10.5. The van der Waals surface area contributed by atoms with Crippen LogP contribution in [0.25, 0.3) is 0 Å². The summed E-state index contributed by atoms with van der Waals surface area (Å²) in [7, 11) is 2.92. The number of methoxy groups -OCH3 is 2. The van der Waals surface area contributed by atoms with Crippen LogP contribution in [-0.2, 0) is 9.59 Å². The second-order valence-electron chi connectivity index (χ2n) is 5.58. The molecule has 0 aromatic carbocycles. The molecule has 1 saturated carbocycles. The van der Waals surface area contributed by atoms with Gasteiger partial charge in [-0.15, -0.1) is 10.2 Å². The van der Waals surface area contributed by atoms with Crippen LogP contribution >= 0.6 is 23.1 Å². The van der Waals surface area contributed by atoms with E-state index in [1.807, 2.05) is 0 Å². The molecule has 144 valence electrons. The van der Waals surface area contributed by atoms with Gasteiger partial charge in [-0.2, -0.15) is 9.97 Å². The quantitative estimate of drug-likeness (QED) is 0.511. The van der Waals surface area contributed by atoms with Crippen molar-refractivity contribution in [3.63, 3.8) is 0 Å². The summed E-state index contributed by atoms with van der Waals surface area (Å²) in [5.41, 5.74) is 0. The highest BCUT2D eigenvalue weighted by Gasteiger charge is 2.34. The number of anilines is 2. The summed E-state index contributed by atoms with van der Waals surface area (Å²) in [5.74, 6) is 0.392. The van der Waals surface area contributed by atoms with Gasteiger partial charge < -0.3 is 9.47 Å². The first-order valence-electron chi connectivity index (χ1n) is 8.03. The highest BCUT2D eigenvalue weighted by Crippen LogP contribution is 2.35. The fraction of sp³-hybridized carbons (Fsp3) is 0.467. The largest absolute Gasteiger partial charge is 0.481 e. The zero-order valence-electron chi connectivity index (χ0n) is 15.0. The Balaban J connectivity index is 1.57. The van der Waals surface area contributed by atoms with Crippen LogP contribution in [0.5, 0.6) is 11.8 Å². The van der Waals surface area contributed by atoms with E-state index in [2.05, 4.69) is 25.5 Å². The van der Waals surface area contributed by atoms with Crippen LogP contribution in [0.4, 0.5) is 11.1 Å². The Labute approximate surface area is 163 Å². The lowest BCUT2D eigenvalue weighted by Gasteiger charge is -2.15. The zero-order valence-corrected chi connectivity index (χ0v) is 16.6. The molecule has 0 unspecified atom stereocenters. The minimum Gasteiger partial charge on any atom is -0.481 e. The van der Waals surface area contributed by atoms with Crippen LogP contribution in [0.15, 0.2) is 10.4 Å². The van der Waals surface area contributed by atoms with Crippen molar-refractivity contribution in [3.05, 3.63) is 6.07 Å². The highest BCUT2D eigenvalue weighted by atomic mass is 32.2. The second kappa shape index (κ2) is 8.48. The summed E-state index contributed by atoms with van der Waals surface area (Å²) in [6, 6.07) is 1.73.